The Hall–Kier alpha value is -2.86. The van der Waals surface area contributed by atoms with Gasteiger partial charge < -0.3 is 30.3 Å². The van der Waals surface area contributed by atoms with E-state index in [-0.39, 0.29) is 25.6 Å². The maximum Gasteiger partial charge on any atom is 0.472 e. The Morgan fingerprint density at radius 3 is 1.63 bits per heavy atom. The van der Waals surface area contributed by atoms with Gasteiger partial charge in [0.1, 0.15) is 12.6 Å². The van der Waals surface area contributed by atoms with Crippen molar-refractivity contribution < 1.29 is 52.6 Å². The number of phosphoric ester groups is 1. The number of rotatable bonds is 39. The van der Waals surface area contributed by atoms with Crippen molar-refractivity contribution in [3.63, 3.8) is 0 Å². The van der Waals surface area contributed by atoms with E-state index >= 15 is 0 Å². The smallest absolute Gasteiger partial charge is 0.472 e. The Morgan fingerprint density at radius 1 is 0.614 bits per heavy atom. The Morgan fingerprint density at radius 2 is 1.07 bits per heavy atom. The van der Waals surface area contributed by atoms with Crippen LogP contribution in [-0.2, 0) is 37.5 Å². The SMILES string of the molecule is CCCCCCCC/C=C\CCCCCCCC(=O)O[C@H](COC(=O)CCC/C=C\C/C=C\C/C=C\C/C=C\CCC[C@@H](C)O)COP(=O)(O)OC[C@H](N)C(=O)O. The van der Waals surface area contributed by atoms with Crippen LogP contribution >= 0.6 is 7.82 Å². The van der Waals surface area contributed by atoms with E-state index in [0.717, 1.165) is 77.0 Å². The third-order valence-corrected chi connectivity index (χ3v) is 9.71. The van der Waals surface area contributed by atoms with Gasteiger partial charge in [-0.3, -0.25) is 23.4 Å². The number of aliphatic carboxylic acids is 1. The van der Waals surface area contributed by atoms with Gasteiger partial charge in [0.2, 0.25) is 0 Å². The van der Waals surface area contributed by atoms with Crippen LogP contribution in [0.2, 0.25) is 0 Å². The van der Waals surface area contributed by atoms with Crippen molar-refractivity contribution in [2.75, 3.05) is 19.8 Å². The Labute approximate surface area is 343 Å². The van der Waals surface area contributed by atoms with Gasteiger partial charge in [-0.25, -0.2) is 4.57 Å². The fourth-order valence-corrected chi connectivity index (χ4v) is 6.14. The maximum absolute atomic E-state index is 12.6. The van der Waals surface area contributed by atoms with Gasteiger partial charge in [0.25, 0.3) is 0 Å². The van der Waals surface area contributed by atoms with Crippen LogP contribution in [-0.4, -0.2) is 71.1 Å². The topological polar surface area (TPSA) is 192 Å². The van der Waals surface area contributed by atoms with Gasteiger partial charge in [-0.2, -0.15) is 0 Å². The number of allylic oxidation sites excluding steroid dienone is 10. The molecular formula is C44H76NO11P. The molecule has 0 aromatic heterocycles. The van der Waals surface area contributed by atoms with E-state index < -0.39 is 51.1 Å². The van der Waals surface area contributed by atoms with Gasteiger partial charge in [-0.1, -0.05) is 119 Å². The average molecular weight is 826 g/mol. The summed E-state index contributed by atoms with van der Waals surface area (Å²) in [5.41, 5.74) is 5.32. The lowest BCUT2D eigenvalue weighted by Crippen LogP contribution is -2.34. The molecule has 13 heteroatoms. The summed E-state index contributed by atoms with van der Waals surface area (Å²) in [6, 6.07) is -1.54. The molecule has 0 bridgehead atoms. The first-order valence-corrected chi connectivity index (χ1v) is 22.8. The summed E-state index contributed by atoms with van der Waals surface area (Å²) in [6.45, 7) is 2.27. The number of carbonyl (C=O) groups is 3. The van der Waals surface area contributed by atoms with E-state index in [2.05, 4.69) is 60.1 Å². The van der Waals surface area contributed by atoms with Crippen molar-refractivity contribution in [2.45, 2.75) is 180 Å². The molecule has 0 amide bonds. The molecule has 0 spiro atoms. The quantitative estimate of drug-likeness (QED) is 0.0199. The van der Waals surface area contributed by atoms with Crippen molar-refractivity contribution in [1.82, 2.24) is 0 Å². The van der Waals surface area contributed by atoms with Gasteiger partial charge in [0, 0.05) is 12.8 Å². The molecule has 0 heterocycles. The molecule has 328 valence electrons. The van der Waals surface area contributed by atoms with Crippen LogP contribution in [0.4, 0.5) is 0 Å². The lowest BCUT2D eigenvalue weighted by atomic mass is 10.1. The molecule has 1 unspecified atom stereocenters. The number of esters is 2. The lowest BCUT2D eigenvalue weighted by molar-refractivity contribution is -0.161. The highest BCUT2D eigenvalue weighted by atomic mass is 31.2. The van der Waals surface area contributed by atoms with E-state index in [1.165, 1.54) is 38.5 Å². The third-order valence-electron chi connectivity index (χ3n) is 8.76. The minimum Gasteiger partial charge on any atom is -0.480 e. The van der Waals surface area contributed by atoms with E-state index in [1.54, 1.807) is 0 Å². The van der Waals surface area contributed by atoms with Crippen LogP contribution in [0.3, 0.4) is 0 Å². The highest BCUT2D eigenvalue weighted by Gasteiger charge is 2.28. The molecule has 0 saturated heterocycles. The second-order valence-electron chi connectivity index (χ2n) is 14.4. The van der Waals surface area contributed by atoms with Crippen LogP contribution in [0.15, 0.2) is 60.8 Å². The van der Waals surface area contributed by atoms with Crippen molar-refractivity contribution in [1.29, 1.82) is 0 Å². The molecule has 4 atom stereocenters. The fourth-order valence-electron chi connectivity index (χ4n) is 5.36. The lowest BCUT2D eigenvalue weighted by Gasteiger charge is -2.20. The Kier molecular flexibility index (Phi) is 36.7. The van der Waals surface area contributed by atoms with Crippen molar-refractivity contribution >= 4 is 25.7 Å². The summed E-state index contributed by atoms with van der Waals surface area (Å²) in [5, 5.41) is 18.1. The van der Waals surface area contributed by atoms with Crippen LogP contribution in [0, 0.1) is 0 Å². The number of unbranched alkanes of at least 4 members (excludes halogenated alkanes) is 13. The Balaban J connectivity index is 4.49. The molecule has 12 nitrogen and oxygen atoms in total. The molecular weight excluding hydrogens is 749 g/mol. The average Bonchev–Trinajstić information content (AvgIpc) is 3.17. The summed E-state index contributed by atoms with van der Waals surface area (Å²) in [4.78, 5) is 45.9. The number of ether oxygens (including phenoxy) is 2. The molecule has 0 aromatic carbocycles. The number of aliphatic hydroxyl groups is 1. The van der Waals surface area contributed by atoms with Crippen molar-refractivity contribution in [2.24, 2.45) is 5.73 Å². The van der Waals surface area contributed by atoms with E-state index in [1.807, 2.05) is 19.1 Å². The van der Waals surface area contributed by atoms with Gasteiger partial charge in [-0.05, 0) is 90.4 Å². The van der Waals surface area contributed by atoms with Crippen molar-refractivity contribution in [3.8, 4) is 0 Å². The van der Waals surface area contributed by atoms with Gasteiger partial charge in [0.15, 0.2) is 6.10 Å². The Bertz CT molecular complexity index is 1210. The molecule has 0 saturated carbocycles. The summed E-state index contributed by atoms with van der Waals surface area (Å²) < 4.78 is 32.6. The largest absolute Gasteiger partial charge is 0.480 e. The molecule has 0 aromatic rings. The molecule has 0 fully saturated rings. The van der Waals surface area contributed by atoms with Crippen LogP contribution in [0.5, 0.6) is 0 Å². The number of carboxylic acids is 1. The van der Waals surface area contributed by atoms with Crippen molar-refractivity contribution in [3.05, 3.63) is 60.8 Å². The molecule has 0 aliphatic rings. The standard InChI is InChI=1S/C44H76NO11P/c1-3-4-5-6-7-8-9-10-12-17-20-23-26-29-32-35-43(48)56-40(37-54-57(51,52)55-38-41(45)44(49)50)36-53-42(47)34-31-28-25-22-19-16-14-11-13-15-18-21-24-27-30-33-39(2)46/h10,12-16,21-22,24-25,39-41,46H,3-9,11,17-20,23,26-38,45H2,1-2H3,(H,49,50)(H,51,52)/b12-10-,15-13-,16-14-,24-21-,25-22-/t39-,40-,41+/m1/s1. The first-order chi connectivity index (χ1) is 27.5. The number of hydrogen-bond donors (Lipinski definition) is 4. The minimum absolute atomic E-state index is 0.130. The number of carboxylic acid groups (broad SMARTS) is 1. The highest BCUT2D eigenvalue weighted by molar-refractivity contribution is 7.47. The van der Waals surface area contributed by atoms with Gasteiger partial charge >= 0.3 is 25.7 Å². The number of hydrogen-bond acceptors (Lipinski definition) is 10. The molecule has 5 N–H and O–H groups in total. The third kappa shape index (κ3) is 39.7. The molecule has 0 aliphatic heterocycles. The summed E-state index contributed by atoms with van der Waals surface area (Å²) in [5.74, 6) is -2.49. The zero-order valence-corrected chi connectivity index (χ0v) is 35.9. The van der Waals surface area contributed by atoms with Gasteiger partial charge in [-0.15, -0.1) is 0 Å². The number of carbonyl (C=O) groups excluding carboxylic acids is 2. The first kappa shape index (κ1) is 54.1. The monoisotopic (exact) mass is 826 g/mol. The first-order valence-electron chi connectivity index (χ1n) is 21.3. The second kappa shape index (κ2) is 38.6. The highest BCUT2D eigenvalue weighted by Crippen LogP contribution is 2.43. The van der Waals surface area contributed by atoms with Crippen LogP contribution < -0.4 is 5.73 Å². The number of aliphatic hydroxyl groups excluding tert-OH is 1. The summed E-state index contributed by atoms with van der Waals surface area (Å²) in [7, 11) is -4.74. The summed E-state index contributed by atoms with van der Waals surface area (Å²) in [6.07, 6.45) is 41.4. The van der Waals surface area contributed by atoms with Crippen LogP contribution in [0.1, 0.15) is 162 Å². The molecule has 0 rings (SSSR count). The number of phosphoric acid groups is 1. The summed E-state index contributed by atoms with van der Waals surface area (Å²) >= 11 is 0. The molecule has 0 aliphatic carbocycles. The molecule has 57 heavy (non-hydrogen) atoms. The molecule has 0 radical (unpaired) electrons. The zero-order valence-electron chi connectivity index (χ0n) is 35.0. The predicted molar refractivity (Wildman–Crippen MR) is 227 cm³/mol. The van der Waals surface area contributed by atoms with Crippen LogP contribution in [0.25, 0.3) is 0 Å². The normalized spacial score (nSPS) is 14.9. The van der Waals surface area contributed by atoms with E-state index in [9.17, 15) is 28.9 Å². The minimum atomic E-state index is -4.74. The van der Waals surface area contributed by atoms with Gasteiger partial charge in [0.05, 0.1) is 19.3 Å². The fraction of sp³-hybridized carbons (Fsp3) is 0.705. The predicted octanol–water partition coefficient (Wildman–Crippen LogP) is 10.1. The zero-order chi connectivity index (χ0) is 42.2. The number of nitrogens with two attached hydrogens (primary N) is 1. The van der Waals surface area contributed by atoms with E-state index in [0.29, 0.717) is 19.3 Å². The second-order valence-corrected chi connectivity index (χ2v) is 15.9. The van der Waals surface area contributed by atoms with E-state index in [4.69, 9.17) is 24.8 Å². The maximum atomic E-state index is 12.6.